The Hall–Kier alpha value is -2.67. The number of rotatable bonds is 7. The molecule has 0 aliphatic rings. The summed E-state index contributed by atoms with van der Waals surface area (Å²) in [6.07, 6.45) is 2.26. The summed E-state index contributed by atoms with van der Waals surface area (Å²) in [5, 5.41) is 21.5. The average molecular weight is 331 g/mol. The SMILES string of the molecule is C=Cc1ccc([N+](=O)[O-])c2c1c(CC(CCN)C(=O)O)c(C)n2C. The number of nitro benzene ring substituents is 1. The molecule has 0 fully saturated rings. The van der Waals surface area contributed by atoms with Crippen LogP contribution in [0.2, 0.25) is 0 Å². The molecule has 2 aromatic rings. The largest absolute Gasteiger partial charge is 0.481 e. The Labute approximate surface area is 139 Å². The molecular weight excluding hydrogens is 310 g/mol. The van der Waals surface area contributed by atoms with Crippen LogP contribution in [0.3, 0.4) is 0 Å². The van der Waals surface area contributed by atoms with E-state index in [2.05, 4.69) is 6.58 Å². The van der Waals surface area contributed by atoms with Gasteiger partial charge >= 0.3 is 5.97 Å². The normalized spacial score (nSPS) is 12.3. The van der Waals surface area contributed by atoms with Crippen molar-refractivity contribution >= 4 is 28.6 Å². The number of carbonyl (C=O) groups is 1. The number of aromatic nitrogens is 1. The number of aliphatic carboxylic acids is 1. The van der Waals surface area contributed by atoms with Crippen LogP contribution in [0.5, 0.6) is 0 Å². The Morgan fingerprint density at radius 2 is 2.21 bits per heavy atom. The highest BCUT2D eigenvalue weighted by Gasteiger charge is 2.26. The minimum atomic E-state index is -0.914. The van der Waals surface area contributed by atoms with E-state index in [4.69, 9.17) is 5.73 Å². The van der Waals surface area contributed by atoms with E-state index in [1.54, 1.807) is 23.8 Å². The van der Waals surface area contributed by atoms with Gasteiger partial charge in [-0.15, -0.1) is 0 Å². The van der Waals surface area contributed by atoms with Gasteiger partial charge in [-0.3, -0.25) is 14.9 Å². The van der Waals surface area contributed by atoms with Gasteiger partial charge < -0.3 is 15.4 Å². The number of aryl methyl sites for hydroxylation is 1. The number of hydrogen-bond donors (Lipinski definition) is 2. The average Bonchev–Trinajstić information content (AvgIpc) is 2.78. The monoisotopic (exact) mass is 331 g/mol. The second-order valence-electron chi connectivity index (χ2n) is 5.80. The predicted molar refractivity (Wildman–Crippen MR) is 92.9 cm³/mol. The van der Waals surface area contributed by atoms with Crippen LogP contribution >= 0.6 is 0 Å². The van der Waals surface area contributed by atoms with E-state index >= 15 is 0 Å². The van der Waals surface area contributed by atoms with Crippen molar-refractivity contribution < 1.29 is 14.8 Å². The lowest BCUT2D eigenvalue weighted by Gasteiger charge is -2.12. The first-order valence-corrected chi connectivity index (χ1v) is 7.64. The third-order valence-electron chi connectivity index (χ3n) is 4.50. The van der Waals surface area contributed by atoms with E-state index in [0.717, 1.165) is 16.8 Å². The van der Waals surface area contributed by atoms with Crippen molar-refractivity contribution in [2.45, 2.75) is 19.8 Å². The summed E-state index contributed by atoms with van der Waals surface area (Å²) in [6.45, 7) is 5.88. The molecule has 2 rings (SSSR count). The maximum Gasteiger partial charge on any atom is 0.306 e. The minimum Gasteiger partial charge on any atom is -0.481 e. The molecule has 0 amide bonds. The third kappa shape index (κ3) is 2.90. The van der Waals surface area contributed by atoms with Crippen LogP contribution in [-0.2, 0) is 18.3 Å². The van der Waals surface area contributed by atoms with Crippen molar-refractivity contribution in [2.24, 2.45) is 18.7 Å². The summed E-state index contributed by atoms with van der Waals surface area (Å²) in [4.78, 5) is 22.4. The number of nitro groups is 1. The van der Waals surface area contributed by atoms with Crippen molar-refractivity contribution in [3.8, 4) is 0 Å². The fraction of sp³-hybridized carbons (Fsp3) is 0.353. The lowest BCUT2D eigenvalue weighted by molar-refractivity contribution is -0.383. The van der Waals surface area contributed by atoms with Crippen molar-refractivity contribution in [2.75, 3.05) is 6.54 Å². The van der Waals surface area contributed by atoms with Crippen molar-refractivity contribution in [3.05, 3.63) is 45.6 Å². The second-order valence-corrected chi connectivity index (χ2v) is 5.80. The molecule has 1 aromatic heterocycles. The molecule has 1 aromatic carbocycles. The Bertz CT molecular complexity index is 823. The molecule has 128 valence electrons. The van der Waals surface area contributed by atoms with Gasteiger partial charge in [0.15, 0.2) is 0 Å². The summed E-state index contributed by atoms with van der Waals surface area (Å²) < 4.78 is 1.75. The highest BCUT2D eigenvalue weighted by atomic mass is 16.6. The number of fused-ring (bicyclic) bond motifs is 1. The van der Waals surface area contributed by atoms with Gasteiger partial charge in [0.2, 0.25) is 0 Å². The summed E-state index contributed by atoms with van der Waals surface area (Å²) >= 11 is 0. The van der Waals surface area contributed by atoms with E-state index in [1.165, 1.54) is 6.07 Å². The first kappa shape index (κ1) is 17.7. The highest BCUT2D eigenvalue weighted by molar-refractivity contribution is 5.98. The van der Waals surface area contributed by atoms with Crippen LogP contribution in [-0.4, -0.2) is 27.1 Å². The lowest BCUT2D eigenvalue weighted by Crippen LogP contribution is -2.20. The zero-order valence-electron chi connectivity index (χ0n) is 13.8. The molecule has 1 heterocycles. The van der Waals surface area contributed by atoms with Gasteiger partial charge in [-0.05, 0) is 43.5 Å². The van der Waals surface area contributed by atoms with Gasteiger partial charge in [0.1, 0.15) is 5.52 Å². The molecule has 0 spiro atoms. The van der Waals surface area contributed by atoms with Crippen molar-refractivity contribution in [1.29, 1.82) is 0 Å². The first-order chi connectivity index (χ1) is 11.3. The number of carboxylic acids is 1. The van der Waals surface area contributed by atoms with Gasteiger partial charge in [0.05, 0.1) is 10.8 Å². The van der Waals surface area contributed by atoms with E-state index in [-0.39, 0.29) is 18.7 Å². The number of benzene rings is 1. The van der Waals surface area contributed by atoms with E-state index in [1.807, 2.05) is 6.92 Å². The molecule has 7 heteroatoms. The van der Waals surface area contributed by atoms with Gasteiger partial charge in [-0.2, -0.15) is 0 Å². The molecule has 1 unspecified atom stereocenters. The van der Waals surface area contributed by atoms with Gasteiger partial charge in [-0.25, -0.2) is 0 Å². The fourth-order valence-electron chi connectivity index (χ4n) is 3.13. The highest BCUT2D eigenvalue weighted by Crippen LogP contribution is 2.36. The van der Waals surface area contributed by atoms with Crippen LogP contribution in [0.15, 0.2) is 18.7 Å². The lowest BCUT2D eigenvalue weighted by atomic mass is 9.92. The summed E-state index contributed by atoms with van der Waals surface area (Å²) in [7, 11) is 1.75. The number of nitrogens with two attached hydrogens (primary N) is 1. The van der Waals surface area contributed by atoms with Crippen LogP contribution in [0.4, 0.5) is 5.69 Å². The Balaban J connectivity index is 2.76. The van der Waals surface area contributed by atoms with Gasteiger partial charge in [0.25, 0.3) is 5.69 Å². The Morgan fingerprint density at radius 1 is 1.54 bits per heavy atom. The summed E-state index contributed by atoms with van der Waals surface area (Å²) in [5.41, 5.74) is 8.37. The van der Waals surface area contributed by atoms with E-state index < -0.39 is 16.8 Å². The van der Waals surface area contributed by atoms with Crippen molar-refractivity contribution in [3.63, 3.8) is 0 Å². The number of nitrogens with zero attached hydrogens (tertiary/aromatic N) is 2. The number of hydrogen-bond acceptors (Lipinski definition) is 4. The van der Waals surface area contributed by atoms with Gasteiger partial charge in [-0.1, -0.05) is 12.7 Å². The topological polar surface area (TPSA) is 111 Å². The van der Waals surface area contributed by atoms with Crippen LogP contribution < -0.4 is 5.73 Å². The fourth-order valence-corrected chi connectivity index (χ4v) is 3.13. The maximum absolute atomic E-state index is 11.5. The maximum atomic E-state index is 11.5. The predicted octanol–water partition coefficient (Wildman–Crippen LogP) is 2.63. The number of non-ortho nitro benzene ring substituents is 1. The zero-order chi connectivity index (χ0) is 18.0. The smallest absolute Gasteiger partial charge is 0.306 e. The standard InChI is InChI=1S/C17H21N3O4/c1-4-11-5-6-14(20(23)24)16-15(11)13(10(2)19(16)3)9-12(7-8-18)17(21)22/h4-6,12H,1,7-9,18H2,2-3H3,(H,21,22). The molecule has 0 aliphatic heterocycles. The molecule has 0 bridgehead atoms. The molecule has 0 saturated heterocycles. The van der Waals surface area contributed by atoms with Crippen LogP contribution in [0, 0.1) is 23.0 Å². The summed E-state index contributed by atoms with van der Waals surface area (Å²) in [6, 6.07) is 3.10. The van der Waals surface area contributed by atoms with Gasteiger partial charge in [0, 0.05) is 24.2 Å². The van der Waals surface area contributed by atoms with Crippen LogP contribution in [0.25, 0.3) is 17.0 Å². The molecule has 1 atom stereocenters. The molecule has 3 N–H and O–H groups in total. The van der Waals surface area contributed by atoms with Crippen LogP contribution in [0.1, 0.15) is 23.2 Å². The zero-order valence-corrected chi connectivity index (χ0v) is 13.8. The molecule has 7 nitrogen and oxygen atoms in total. The minimum absolute atomic E-state index is 0.00171. The Morgan fingerprint density at radius 3 is 2.71 bits per heavy atom. The third-order valence-corrected chi connectivity index (χ3v) is 4.50. The quantitative estimate of drug-likeness (QED) is 0.598. The molecule has 0 saturated carbocycles. The summed E-state index contributed by atoms with van der Waals surface area (Å²) in [5.74, 6) is -1.54. The molecule has 24 heavy (non-hydrogen) atoms. The van der Waals surface area contributed by atoms with E-state index in [9.17, 15) is 20.0 Å². The molecular formula is C17H21N3O4. The number of carboxylic acid groups (broad SMARTS) is 1. The molecule has 0 radical (unpaired) electrons. The van der Waals surface area contributed by atoms with Crippen molar-refractivity contribution in [1.82, 2.24) is 4.57 Å². The molecule has 0 aliphatic carbocycles. The Kier molecular flexibility index (Phi) is 5.04. The first-order valence-electron chi connectivity index (χ1n) is 7.64. The van der Waals surface area contributed by atoms with E-state index in [0.29, 0.717) is 17.3 Å². The second kappa shape index (κ2) is 6.84.